The summed E-state index contributed by atoms with van der Waals surface area (Å²) in [6.45, 7) is 2.10. The van der Waals surface area contributed by atoms with Crippen molar-refractivity contribution in [1.29, 1.82) is 0 Å². The number of halogens is 1. The van der Waals surface area contributed by atoms with Crippen LogP contribution in [0.3, 0.4) is 0 Å². The molecule has 0 spiro atoms. The molecule has 0 saturated heterocycles. The quantitative estimate of drug-likeness (QED) is 0.898. The molecule has 0 bridgehead atoms. The number of nitrogens with zero attached hydrogens (tertiary/aromatic N) is 1. The van der Waals surface area contributed by atoms with E-state index in [2.05, 4.69) is 4.98 Å². The minimum atomic E-state index is 0.0768. The number of hydrogen-bond donors (Lipinski definition) is 1. The first-order valence-electron chi connectivity index (χ1n) is 5.59. The second-order valence-electron chi connectivity index (χ2n) is 3.85. The molecule has 0 unspecified atom stereocenters. The molecule has 0 aliphatic heterocycles. The van der Waals surface area contributed by atoms with Crippen LogP contribution in [0.25, 0.3) is 17.0 Å². The van der Waals surface area contributed by atoms with Crippen molar-refractivity contribution < 1.29 is 5.11 Å². The maximum atomic E-state index is 9.20. The summed E-state index contributed by atoms with van der Waals surface area (Å²) >= 11 is 6.12. The minimum absolute atomic E-state index is 0.0768. The highest BCUT2D eigenvalue weighted by Crippen LogP contribution is 2.26. The number of benzene rings is 1. The summed E-state index contributed by atoms with van der Waals surface area (Å²) in [5, 5.41) is 10.8. The maximum absolute atomic E-state index is 9.20. The molecule has 2 rings (SSSR count). The summed E-state index contributed by atoms with van der Waals surface area (Å²) < 4.78 is 0. The fourth-order valence-electron chi connectivity index (χ4n) is 1.76. The Morgan fingerprint density at radius 1 is 1.41 bits per heavy atom. The molecule has 88 valence electrons. The summed E-state index contributed by atoms with van der Waals surface area (Å²) in [4.78, 5) is 4.35. The van der Waals surface area contributed by atoms with Crippen molar-refractivity contribution in [3.63, 3.8) is 0 Å². The van der Waals surface area contributed by atoms with Crippen LogP contribution in [0, 0.1) is 0 Å². The second kappa shape index (κ2) is 5.30. The van der Waals surface area contributed by atoms with Gasteiger partial charge in [-0.2, -0.15) is 0 Å². The largest absolute Gasteiger partial charge is 0.392 e. The zero-order chi connectivity index (χ0) is 12.3. The molecule has 2 aromatic rings. The van der Waals surface area contributed by atoms with Crippen LogP contribution in [-0.4, -0.2) is 16.7 Å². The lowest BCUT2D eigenvalue weighted by atomic mass is 10.1. The van der Waals surface area contributed by atoms with Gasteiger partial charge in [0.25, 0.3) is 0 Å². The van der Waals surface area contributed by atoms with E-state index < -0.39 is 0 Å². The number of aromatic nitrogens is 1. The Morgan fingerprint density at radius 2 is 2.24 bits per heavy atom. The van der Waals surface area contributed by atoms with Crippen molar-refractivity contribution >= 4 is 28.6 Å². The molecular weight excluding hydrogens is 234 g/mol. The first-order valence-corrected chi connectivity index (χ1v) is 5.97. The Hall–Kier alpha value is -1.38. The molecule has 2 nitrogen and oxygen atoms in total. The topological polar surface area (TPSA) is 33.1 Å². The van der Waals surface area contributed by atoms with Crippen LogP contribution in [-0.2, 0) is 0 Å². The Labute approximate surface area is 106 Å². The highest BCUT2D eigenvalue weighted by molar-refractivity contribution is 6.35. The molecule has 17 heavy (non-hydrogen) atoms. The van der Waals surface area contributed by atoms with E-state index in [0.717, 1.165) is 28.5 Å². The van der Waals surface area contributed by atoms with E-state index in [0.29, 0.717) is 5.02 Å². The van der Waals surface area contributed by atoms with E-state index in [9.17, 15) is 5.11 Å². The van der Waals surface area contributed by atoms with Gasteiger partial charge in [0.05, 0.1) is 17.1 Å². The smallest absolute Gasteiger partial charge is 0.0789 e. The van der Waals surface area contributed by atoms with Gasteiger partial charge >= 0.3 is 0 Å². The number of fused-ring (bicyclic) bond motifs is 1. The predicted molar refractivity (Wildman–Crippen MR) is 72.1 cm³/mol. The van der Waals surface area contributed by atoms with Crippen LogP contribution in [0.1, 0.15) is 18.9 Å². The zero-order valence-electron chi connectivity index (χ0n) is 9.65. The number of pyridine rings is 1. The predicted octanol–water partition coefficient (Wildman–Crippen LogP) is 3.67. The van der Waals surface area contributed by atoms with Crippen molar-refractivity contribution in [2.24, 2.45) is 0 Å². The Kier molecular flexibility index (Phi) is 3.77. The normalized spacial score (nSPS) is 12.1. The molecule has 1 N–H and O–H groups in total. The molecule has 1 aromatic heterocycles. The molecule has 0 saturated carbocycles. The van der Waals surface area contributed by atoms with E-state index in [-0.39, 0.29) is 6.61 Å². The maximum Gasteiger partial charge on any atom is 0.0789 e. The third kappa shape index (κ3) is 2.48. The molecule has 0 amide bonds. The average molecular weight is 248 g/mol. The van der Waals surface area contributed by atoms with Crippen molar-refractivity contribution in [2.45, 2.75) is 13.3 Å². The SMILES string of the molecule is CC/C(=C/c1ccc(Cl)c2cccnc12)CO. The van der Waals surface area contributed by atoms with Crippen molar-refractivity contribution in [3.8, 4) is 0 Å². The number of aliphatic hydroxyl groups excluding tert-OH is 1. The molecule has 1 heterocycles. The van der Waals surface area contributed by atoms with Gasteiger partial charge in [0.1, 0.15) is 0 Å². The van der Waals surface area contributed by atoms with Crippen molar-refractivity contribution in [2.75, 3.05) is 6.61 Å². The fourth-order valence-corrected chi connectivity index (χ4v) is 1.97. The van der Waals surface area contributed by atoms with Gasteiger partial charge < -0.3 is 5.11 Å². The molecule has 0 fully saturated rings. The molecule has 0 aliphatic rings. The van der Waals surface area contributed by atoms with Crippen LogP contribution in [0.4, 0.5) is 0 Å². The third-order valence-electron chi connectivity index (χ3n) is 2.76. The van der Waals surface area contributed by atoms with Crippen molar-refractivity contribution in [1.82, 2.24) is 4.98 Å². The number of hydrogen-bond acceptors (Lipinski definition) is 2. The molecular formula is C14H14ClNO. The second-order valence-corrected chi connectivity index (χ2v) is 4.26. The number of rotatable bonds is 3. The van der Waals surface area contributed by atoms with Gasteiger partial charge in [0, 0.05) is 17.1 Å². The van der Waals surface area contributed by atoms with Gasteiger partial charge in [0.2, 0.25) is 0 Å². The van der Waals surface area contributed by atoms with Gasteiger partial charge in [0.15, 0.2) is 0 Å². The van der Waals surface area contributed by atoms with Crippen LogP contribution in [0.5, 0.6) is 0 Å². The van der Waals surface area contributed by atoms with Gasteiger partial charge in [-0.25, -0.2) is 0 Å². The summed E-state index contributed by atoms with van der Waals surface area (Å²) in [6.07, 6.45) is 4.56. The van der Waals surface area contributed by atoms with E-state index >= 15 is 0 Å². The minimum Gasteiger partial charge on any atom is -0.392 e. The molecule has 0 aliphatic carbocycles. The third-order valence-corrected chi connectivity index (χ3v) is 3.09. The highest BCUT2D eigenvalue weighted by Gasteiger charge is 2.04. The van der Waals surface area contributed by atoms with Gasteiger partial charge in [-0.1, -0.05) is 30.7 Å². The standard InChI is InChI=1S/C14H14ClNO/c1-2-10(9-17)8-11-5-6-13(15)12-4-3-7-16-14(11)12/h3-8,17H,2,9H2,1H3/b10-8-. The van der Waals surface area contributed by atoms with E-state index in [1.54, 1.807) is 6.20 Å². The summed E-state index contributed by atoms with van der Waals surface area (Å²) in [6, 6.07) is 7.62. The molecule has 0 radical (unpaired) electrons. The lowest BCUT2D eigenvalue weighted by Crippen LogP contribution is -1.90. The summed E-state index contributed by atoms with van der Waals surface area (Å²) in [5.41, 5.74) is 2.86. The monoisotopic (exact) mass is 247 g/mol. The Bertz CT molecular complexity index is 557. The van der Waals surface area contributed by atoms with Gasteiger partial charge in [-0.3, -0.25) is 4.98 Å². The van der Waals surface area contributed by atoms with Gasteiger partial charge in [-0.05, 0) is 30.2 Å². The first kappa shape index (κ1) is 12.1. The Balaban J connectivity index is 2.63. The van der Waals surface area contributed by atoms with E-state index in [1.165, 1.54) is 0 Å². The first-order chi connectivity index (χ1) is 8.26. The van der Waals surface area contributed by atoms with E-state index in [4.69, 9.17) is 11.6 Å². The lowest BCUT2D eigenvalue weighted by molar-refractivity contribution is 0.329. The lowest BCUT2D eigenvalue weighted by Gasteiger charge is -2.05. The average Bonchev–Trinajstić information content (AvgIpc) is 2.38. The van der Waals surface area contributed by atoms with Crippen molar-refractivity contribution in [3.05, 3.63) is 46.6 Å². The fraction of sp³-hybridized carbons (Fsp3) is 0.214. The van der Waals surface area contributed by atoms with Gasteiger partial charge in [-0.15, -0.1) is 0 Å². The van der Waals surface area contributed by atoms with Crippen LogP contribution in [0.2, 0.25) is 5.02 Å². The molecule has 3 heteroatoms. The zero-order valence-corrected chi connectivity index (χ0v) is 10.4. The molecule has 0 atom stereocenters. The van der Waals surface area contributed by atoms with Crippen LogP contribution >= 0.6 is 11.6 Å². The summed E-state index contributed by atoms with van der Waals surface area (Å²) in [5.74, 6) is 0. The summed E-state index contributed by atoms with van der Waals surface area (Å²) in [7, 11) is 0. The van der Waals surface area contributed by atoms with E-state index in [1.807, 2.05) is 37.3 Å². The highest BCUT2D eigenvalue weighted by atomic mass is 35.5. The number of aliphatic hydroxyl groups is 1. The van der Waals surface area contributed by atoms with Crippen LogP contribution in [0.15, 0.2) is 36.0 Å². The Morgan fingerprint density at radius 3 is 2.94 bits per heavy atom. The molecule has 1 aromatic carbocycles. The van der Waals surface area contributed by atoms with Crippen LogP contribution < -0.4 is 0 Å².